The zero-order chi connectivity index (χ0) is 13.5. The van der Waals surface area contributed by atoms with E-state index in [1.54, 1.807) is 0 Å². The second kappa shape index (κ2) is 7.42. The van der Waals surface area contributed by atoms with Crippen LogP contribution in [0.25, 0.3) is 0 Å². The lowest BCUT2D eigenvalue weighted by Crippen LogP contribution is -2.26. The van der Waals surface area contributed by atoms with Crippen LogP contribution in [0.15, 0.2) is 24.3 Å². The first-order valence-electron chi connectivity index (χ1n) is 7.08. The fraction of sp³-hybridized carbons (Fsp3) is 0.625. The van der Waals surface area contributed by atoms with Gasteiger partial charge in [0.1, 0.15) is 5.75 Å². The van der Waals surface area contributed by atoms with E-state index in [1.807, 2.05) is 0 Å². The van der Waals surface area contributed by atoms with Gasteiger partial charge in [-0.1, -0.05) is 39.3 Å². The molecule has 2 unspecified atom stereocenters. The van der Waals surface area contributed by atoms with Crippen molar-refractivity contribution in [3.05, 3.63) is 29.8 Å². The highest BCUT2D eigenvalue weighted by Crippen LogP contribution is 2.26. The molecule has 0 saturated carbocycles. The average Bonchev–Trinajstić information content (AvgIpc) is 2.35. The Kier molecular flexibility index (Phi) is 6.20. The molecule has 0 fully saturated rings. The van der Waals surface area contributed by atoms with Gasteiger partial charge in [-0.25, -0.2) is 0 Å². The highest BCUT2D eigenvalue weighted by Gasteiger charge is 2.16. The summed E-state index contributed by atoms with van der Waals surface area (Å²) in [6.45, 7) is 11.8. The molecule has 1 rings (SSSR count). The first-order chi connectivity index (χ1) is 8.58. The second-order valence-corrected chi connectivity index (χ2v) is 5.16. The third kappa shape index (κ3) is 4.34. The molecule has 0 aliphatic heterocycles. The lowest BCUT2D eigenvalue weighted by atomic mass is 9.92. The maximum Gasteiger partial charge on any atom is 0.119 e. The predicted molar refractivity (Wildman–Crippen MR) is 78.1 cm³/mol. The molecule has 0 amide bonds. The van der Waals surface area contributed by atoms with E-state index in [2.05, 4.69) is 64.2 Å². The number of hydrogen-bond donors (Lipinski definition) is 1. The van der Waals surface area contributed by atoms with Crippen molar-refractivity contribution in [2.24, 2.45) is 5.92 Å². The number of rotatable bonds is 7. The number of benzene rings is 1. The molecule has 0 spiro atoms. The van der Waals surface area contributed by atoms with Crippen molar-refractivity contribution in [3.8, 4) is 5.75 Å². The van der Waals surface area contributed by atoms with Crippen molar-refractivity contribution in [3.63, 3.8) is 0 Å². The van der Waals surface area contributed by atoms with Gasteiger partial charge < -0.3 is 10.1 Å². The first-order valence-corrected chi connectivity index (χ1v) is 7.08. The maximum atomic E-state index is 5.68. The maximum absolute atomic E-state index is 5.68. The standard InChI is InChI=1S/C16H27NO/c1-6-13(5)16(17-7-2)14-8-10-15(11-9-14)18-12(3)4/h8-13,16-17H,6-7H2,1-5H3. The zero-order valence-electron chi connectivity index (χ0n) is 12.4. The molecule has 1 N–H and O–H groups in total. The van der Waals surface area contributed by atoms with E-state index in [-0.39, 0.29) is 6.10 Å². The summed E-state index contributed by atoms with van der Waals surface area (Å²) in [6.07, 6.45) is 1.41. The SMILES string of the molecule is CCNC(c1ccc(OC(C)C)cc1)C(C)CC. The van der Waals surface area contributed by atoms with E-state index in [0.29, 0.717) is 12.0 Å². The van der Waals surface area contributed by atoms with Crippen LogP contribution in [0.4, 0.5) is 0 Å². The van der Waals surface area contributed by atoms with Gasteiger partial charge in [-0.2, -0.15) is 0 Å². The molecule has 1 aromatic rings. The van der Waals surface area contributed by atoms with Crippen LogP contribution in [-0.2, 0) is 0 Å². The van der Waals surface area contributed by atoms with Crippen LogP contribution >= 0.6 is 0 Å². The summed E-state index contributed by atoms with van der Waals surface area (Å²) in [5, 5.41) is 3.57. The Labute approximate surface area is 112 Å². The van der Waals surface area contributed by atoms with Gasteiger partial charge in [0.15, 0.2) is 0 Å². The summed E-state index contributed by atoms with van der Waals surface area (Å²) in [5.41, 5.74) is 1.35. The molecule has 0 aliphatic rings. The molecule has 1 aromatic carbocycles. The van der Waals surface area contributed by atoms with E-state index in [0.717, 1.165) is 12.3 Å². The Morgan fingerprint density at radius 1 is 1.06 bits per heavy atom. The van der Waals surface area contributed by atoms with Crippen molar-refractivity contribution < 1.29 is 4.74 Å². The van der Waals surface area contributed by atoms with Gasteiger partial charge in [-0.3, -0.25) is 0 Å². The Bertz CT molecular complexity index is 331. The highest BCUT2D eigenvalue weighted by atomic mass is 16.5. The van der Waals surface area contributed by atoms with E-state index in [1.165, 1.54) is 12.0 Å². The Morgan fingerprint density at radius 3 is 2.11 bits per heavy atom. The molecule has 0 radical (unpaired) electrons. The third-order valence-electron chi connectivity index (χ3n) is 3.25. The first kappa shape index (κ1) is 15.0. The minimum Gasteiger partial charge on any atom is -0.491 e. The van der Waals surface area contributed by atoms with Crippen molar-refractivity contribution in [2.75, 3.05) is 6.54 Å². The van der Waals surface area contributed by atoms with Crippen LogP contribution in [0.1, 0.15) is 52.6 Å². The van der Waals surface area contributed by atoms with Crippen molar-refractivity contribution >= 4 is 0 Å². The highest BCUT2D eigenvalue weighted by molar-refractivity contribution is 5.29. The molecule has 2 heteroatoms. The van der Waals surface area contributed by atoms with E-state index >= 15 is 0 Å². The molecule has 2 nitrogen and oxygen atoms in total. The van der Waals surface area contributed by atoms with Crippen LogP contribution < -0.4 is 10.1 Å². The summed E-state index contributed by atoms with van der Waals surface area (Å²) in [5.74, 6) is 1.59. The van der Waals surface area contributed by atoms with Crippen molar-refractivity contribution in [2.45, 2.75) is 53.2 Å². The molecule has 0 aliphatic carbocycles. The van der Waals surface area contributed by atoms with E-state index in [4.69, 9.17) is 4.74 Å². The number of nitrogens with one attached hydrogen (secondary N) is 1. The molecular weight excluding hydrogens is 222 g/mol. The molecule has 18 heavy (non-hydrogen) atoms. The van der Waals surface area contributed by atoms with Crippen LogP contribution in [0.3, 0.4) is 0 Å². The summed E-state index contributed by atoms with van der Waals surface area (Å²) < 4.78 is 5.68. The van der Waals surface area contributed by atoms with Crippen LogP contribution in [0.2, 0.25) is 0 Å². The van der Waals surface area contributed by atoms with Gasteiger partial charge in [0.2, 0.25) is 0 Å². The van der Waals surface area contributed by atoms with Crippen molar-refractivity contribution in [1.82, 2.24) is 5.32 Å². The molecule has 0 aromatic heterocycles. The summed E-state index contributed by atoms with van der Waals surface area (Å²) in [6, 6.07) is 8.94. The normalized spacial score (nSPS) is 14.6. The van der Waals surface area contributed by atoms with Gasteiger partial charge in [0.05, 0.1) is 6.10 Å². The lowest BCUT2D eigenvalue weighted by molar-refractivity contribution is 0.242. The van der Waals surface area contributed by atoms with Gasteiger partial charge >= 0.3 is 0 Å². The predicted octanol–water partition coefficient (Wildman–Crippen LogP) is 4.17. The third-order valence-corrected chi connectivity index (χ3v) is 3.25. The summed E-state index contributed by atoms with van der Waals surface area (Å²) in [4.78, 5) is 0. The molecule has 0 saturated heterocycles. The van der Waals surface area contributed by atoms with E-state index in [9.17, 15) is 0 Å². The molecular formula is C16H27NO. The fourth-order valence-electron chi connectivity index (χ4n) is 2.13. The smallest absolute Gasteiger partial charge is 0.119 e. The Morgan fingerprint density at radius 2 is 1.67 bits per heavy atom. The fourth-order valence-corrected chi connectivity index (χ4v) is 2.13. The monoisotopic (exact) mass is 249 g/mol. The second-order valence-electron chi connectivity index (χ2n) is 5.16. The largest absolute Gasteiger partial charge is 0.491 e. The summed E-state index contributed by atoms with van der Waals surface area (Å²) in [7, 11) is 0. The van der Waals surface area contributed by atoms with Crippen LogP contribution in [0.5, 0.6) is 5.75 Å². The molecule has 102 valence electrons. The molecule has 2 atom stereocenters. The lowest BCUT2D eigenvalue weighted by Gasteiger charge is -2.24. The van der Waals surface area contributed by atoms with Crippen molar-refractivity contribution in [1.29, 1.82) is 0 Å². The van der Waals surface area contributed by atoms with Crippen LogP contribution in [0, 0.1) is 5.92 Å². The Hall–Kier alpha value is -1.02. The molecule has 0 heterocycles. The van der Waals surface area contributed by atoms with Gasteiger partial charge in [-0.15, -0.1) is 0 Å². The topological polar surface area (TPSA) is 21.3 Å². The minimum absolute atomic E-state index is 0.231. The van der Waals surface area contributed by atoms with E-state index < -0.39 is 0 Å². The van der Waals surface area contributed by atoms with Crippen LogP contribution in [-0.4, -0.2) is 12.6 Å². The summed E-state index contributed by atoms with van der Waals surface area (Å²) >= 11 is 0. The number of hydrogen-bond acceptors (Lipinski definition) is 2. The van der Waals surface area contributed by atoms with Gasteiger partial charge in [0.25, 0.3) is 0 Å². The van der Waals surface area contributed by atoms with Gasteiger partial charge in [-0.05, 0) is 44.0 Å². The average molecular weight is 249 g/mol. The minimum atomic E-state index is 0.231. The Balaban J connectivity index is 2.79. The number of ether oxygens (including phenoxy) is 1. The zero-order valence-corrected chi connectivity index (χ0v) is 12.4. The quantitative estimate of drug-likeness (QED) is 0.783. The van der Waals surface area contributed by atoms with Gasteiger partial charge in [0, 0.05) is 6.04 Å². The molecule has 0 bridgehead atoms.